The summed E-state index contributed by atoms with van der Waals surface area (Å²) < 4.78 is 37.6. The third-order valence-electron chi connectivity index (χ3n) is 4.34. The molecular weight excluding hydrogens is 470 g/mol. The molecule has 174 valence electrons. The summed E-state index contributed by atoms with van der Waals surface area (Å²) in [5, 5.41) is 4.09. The molecule has 0 saturated heterocycles. The van der Waals surface area contributed by atoms with Crippen molar-refractivity contribution in [3.63, 3.8) is 0 Å². The first-order valence-electron chi connectivity index (χ1n) is 9.76. The van der Waals surface area contributed by atoms with Crippen LogP contribution < -0.4 is 10.0 Å². The number of Topliss-reactive ketones (excluding diaryl/α,β-unsaturated/α-hetero) is 1. The summed E-state index contributed by atoms with van der Waals surface area (Å²) in [6, 6.07) is 7.81. The molecule has 0 unspecified atom stereocenters. The van der Waals surface area contributed by atoms with Crippen molar-refractivity contribution in [3.8, 4) is 0 Å². The van der Waals surface area contributed by atoms with Gasteiger partial charge in [-0.2, -0.15) is 0 Å². The minimum Gasteiger partial charge on any atom is -0.462 e. The number of esters is 1. The molecule has 2 aromatic heterocycles. The number of aromatic nitrogens is 1. The molecule has 2 heterocycles. The van der Waals surface area contributed by atoms with Crippen LogP contribution in [-0.4, -0.2) is 37.7 Å². The van der Waals surface area contributed by atoms with Gasteiger partial charge in [-0.15, -0.1) is 11.3 Å². The van der Waals surface area contributed by atoms with Crippen molar-refractivity contribution >= 4 is 50.0 Å². The Morgan fingerprint density at radius 3 is 2.48 bits per heavy atom. The number of hydrogen-bond donors (Lipinski definition) is 2. The van der Waals surface area contributed by atoms with E-state index in [9.17, 15) is 22.8 Å². The third-order valence-corrected chi connectivity index (χ3v) is 6.63. The van der Waals surface area contributed by atoms with Crippen LogP contribution in [0.25, 0.3) is 0 Å². The van der Waals surface area contributed by atoms with Crippen LogP contribution in [0, 0.1) is 6.92 Å². The van der Waals surface area contributed by atoms with Crippen LogP contribution in [0.3, 0.4) is 0 Å². The van der Waals surface area contributed by atoms with E-state index in [1.165, 1.54) is 31.4 Å². The Kier molecular flexibility index (Phi) is 7.29. The topological polar surface area (TPSA) is 145 Å². The van der Waals surface area contributed by atoms with Crippen LogP contribution in [-0.2, 0) is 26.0 Å². The van der Waals surface area contributed by atoms with Crippen molar-refractivity contribution < 1.29 is 32.0 Å². The van der Waals surface area contributed by atoms with Crippen LogP contribution in [0.5, 0.6) is 0 Å². The van der Waals surface area contributed by atoms with Gasteiger partial charge < -0.3 is 9.15 Å². The second kappa shape index (κ2) is 9.96. The summed E-state index contributed by atoms with van der Waals surface area (Å²) in [7, 11) is -3.81. The van der Waals surface area contributed by atoms with Gasteiger partial charge in [0.1, 0.15) is 11.3 Å². The van der Waals surface area contributed by atoms with Gasteiger partial charge >= 0.3 is 5.97 Å². The van der Waals surface area contributed by atoms with Crippen molar-refractivity contribution in [2.75, 3.05) is 16.6 Å². The van der Waals surface area contributed by atoms with Crippen LogP contribution in [0.4, 0.5) is 11.0 Å². The van der Waals surface area contributed by atoms with E-state index in [4.69, 9.17) is 9.15 Å². The number of rotatable bonds is 9. The SMILES string of the molecule is CCOC(=O)c1c(NC(=O)Cc2csc(NS(=O)(=O)c3ccccc3)n2)oc(C)c1C(C)=O. The summed E-state index contributed by atoms with van der Waals surface area (Å²) in [6.45, 7) is 4.47. The number of aryl methyl sites for hydroxylation is 1. The number of amides is 1. The molecule has 0 aliphatic rings. The van der Waals surface area contributed by atoms with E-state index in [1.54, 1.807) is 25.1 Å². The van der Waals surface area contributed by atoms with Crippen LogP contribution in [0.2, 0.25) is 0 Å². The van der Waals surface area contributed by atoms with E-state index in [2.05, 4.69) is 15.0 Å². The van der Waals surface area contributed by atoms with Gasteiger partial charge in [0.25, 0.3) is 10.0 Å². The summed E-state index contributed by atoms with van der Waals surface area (Å²) in [6.07, 6.45) is -0.221. The van der Waals surface area contributed by atoms with Crippen molar-refractivity contribution in [1.82, 2.24) is 4.98 Å². The Bertz CT molecular complexity index is 1290. The number of nitrogens with zero attached hydrogens (tertiary/aromatic N) is 1. The first kappa shape index (κ1) is 24.1. The molecule has 0 spiro atoms. The standard InChI is InChI=1S/C21H21N3O7S2/c1-4-30-20(27)18-17(12(2)25)13(3)31-19(18)23-16(26)10-14-11-32-21(22-14)24-33(28,29)15-8-6-5-7-9-15/h5-9,11H,4,10H2,1-3H3,(H,22,24)(H,23,26). The third kappa shape index (κ3) is 5.65. The molecular formula is C21H21N3O7S2. The lowest BCUT2D eigenvalue weighted by molar-refractivity contribution is -0.115. The lowest BCUT2D eigenvalue weighted by atomic mass is 10.1. The zero-order valence-electron chi connectivity index (χ0n) is 18.0. The van der Waals surface area contributed by atoms with Crippen LogP contribution in [0.1, 0.15) is 46.0 Å². The fourth-order valence-corrected chi connectivity index (χ4v) is 4.98. The number of carbonyl (C=O) groups excluding carboxylic acids is 3. The van der Waals surface area contributed by atoms with Gasteiger partial charge in [-0.1, -0.05) is 18.2 Å². The van der Waals surface area contributed by atoms with E-state index in [0.29, 0.717) is 5.69 Å². The number of carbonyl (C=O) groups is 3. The van der Waals surface area contributed by atoms with Gasteiger partial charge in [-0.3, -0.25) is 19.6 Å². The minimum absolute atomic E-state index is 0.0370. The van der Waals surface area contributed by atoms with Crippen molar-refractivity contribution in [2.45, 2.75) is 32.1 Å². The van der Waals surface area contributed by atoms with Gasteiger partial charge in [-0.25, -0.2) is 18.2 Å². The van der Waals surface area contributed by atoms with Crippen molar-refractivity contribution in [2.24, 2.45) is 0 Å². The van der Waals surface area contributed by atoms with E-state index in [-0.39, 0.29) is 45.8 Å². The highest BCUT2D eigenvalue weighted by Gasteiger charge is 2.29. The monoisotopic (exact) mass is 491 g/mol. The number of benzene rings is 1. The predicted molar refractivity (Wildman–Crippen MR) is 121 cm³/mol. The van der Waals surface area contributed by atoms with Gasteiger partial charge in [0.05, 0.1) is 29.2 Å². The van der Waals surface area contributed by atoms with Crippen LogP contribution >= 0.6 is 11.3 Å². The number of nitrogens with one attached hydrogen (secondary N) is 2. The number of ketones is 1. The molecule has 2 N–H and O–H groups in total. The molecule has 3 aromatic rings. The minimum atomic E-state index is -3.81. The zero-order valence-corrected chi connectivity index (χ0v) is 19.6. The highest BCUT2D eigenvalue weighted by Crippen LogP contribution is 2.29. The number of hydrogen-bond acceptors (Lipinski definition) is 9. The van der Waals surface area contributed by atoms with Gasteiger partial charge in [0, 0.05) is 5.38 Å². The molecule has 0 atom stereocenters. The maximum Gasteiger partial charge on any atom is 0.344 e. The Hall–Kier alpha value is -3.51. The Balaban J connectivity index is 1.74. The molecule has 0 bridgehead atoms. The van der Waals surface area contributed by atoms with E-state index < -0.39 is 27.7 Å². The summed E-state index contributed by atoms with van der Waals surface area (Å²) in [5.41, 5.74) is 0.191. The molecule has 0 aliphatic carbocycles. The summed E-state index contributed by atoms with van der Waals surface area (Å²) in [5.74, 6) is -1.79. The van der Waals surface area contributed by atoms with Gasteiger partial charge in [0.15, 0.2) is 10.9 Å². The second-order valence-electron chi connectivity index (χ2n) is 6.80. The molecule has 10 nitrogen and oxygen atoms in total. The highest BCUT2D eigenvalue weighted by molar-refractivity contribution is 7.93. The normalized spacial score (nSPS) is 11.1. The van der Waals surface area contributed by atoms with E-state index in [1.807, 2.05) is 0 Å². The smallest absolute Gasteiger partial charge is 0.344 e. The first-order chi connectivity index (χ1) is 15.6. The fraction of sp³-hybridized carbons (Fsp3) is 0.238. The maximum absolute atomic E-state index is 12.5. The molecule has 12 heteroatoms. The molecule has 0 fully saturated rings. The molecule has 1 amide bonds. The molecule has 0 radical (unpaired) electrons. The molecule has 33 heavy (non-hydrogen) atoms. The first-order valence-corrected chi connectivity index (χ1v) is 12.1. The Morgan fingerprint density at radius 2 is 1.85 bits per heavy atom. The lowest BCUT2D eigenvalue weighted by Gasteiger charge is -2.06. The average molecular weight is 492 g/mol. The largest absolute Gasteiger partial charge is 0.462 e. The number of furan rings is 1. The number of thiazole rings is 1. The number of sulfonamides is 1. The summed E-state index contributed by atoms with van der Waals surface area (Å²) >= 11 is 1.02. The second-order valence-corrected chi connectivity index (χ2v) is 9.34. The van der Waals surface area contributed by atoms with Crippen LogP contribution in [0.15, 0.2) is 45.0 Å². The summed E-state index contributed by atoms with van der Waals surface area (Å²) in [4.78, 5) is 41.0. The van der Waals surface area contributed by atoms with E-state index in [0.717, 1.165) is 11.3 Å². The maximum atomic E-state index is 12.5. The number of ether oxygens (including phenoxy) is 1. The van der Waals surface area contributed by atoms with Crippen molar-refractivity contribution in [1.29, 1.82) is 0 Å². The Labute approximate surface area is 194 Å². The molecule has 1 aromatic carbocycles. The predicted octanol–water partition coefficient (Wildman–Crippen LogP) is 3.41. The zero-order chi connectivity index (χ0) is 24.2. The van der Waals surface area contributed by atoms with Gasteiger partial charge in [0.2, 0.25) is 11.8 Å². The molecule has 3 rings (SSSR count). The Morgan fingerprint density at radius 1 is 1.15 bits per heavy atom. The highest BCUT2D eigenvalue weighted by atomic mass is 32.2. The average Bonchev–Trinajstić information content (AvgIpc) is 3.31. The molecule has 0 saturated carbocycles. The molecule has 0 aliphatic heterocycles. The van der Waals surface area contributed by atoms with E-state index >= 15 is 0 Å². The lowest BCUT2D eigenvalue weighted by Crippen LogP contribution is -2.18. The quantitative estimate of drug-likeness (QED) is 0.342. The number of anilines is 2. The fourth-order valence-electron chi connectivity index (χ4n) is 3.00. The van der Waals surface area contributed by atoms with Crippen molar-refractivity contribution in [3.05, 3.63) is 58.3 Å². The van der Waals surface area contributed by atoms with Gasteiger partial charge in [-0.05, 0) is 32.9 Å².